The Morgan fingerprint density at radius 2 is 1.80 bits per heavy atom. The molecule has 1 amide bonds. The van der Waals surface area contributed by atoms with Crippen molar-refractivity contribution in [3.63, 3.8) is 0 Å². The number of rotatable bonds is 4. The number of carbonyl (C=O) groups excluding carboxylic acids is 1. The molecule has 0 aliphatic carbocycles. The monoisotopic (exact) mass is 336 g/mol. The minimum absolute atomic E-state index is 0.214. The van der Waals surface area contributed by atoms with Crippen LogP contribution in [0.15, 0.2) is 54.7 Å². The van der Waals surface area contributed by atoms with Crippen molar-refractivity contribution >= 4 is 23.2 Å². The number of aromatic nitrogens is 2. The number of carbonyl (C=O) groups is 1. The molecule has 0 unspecified atom stereocenters. The van der Waals surface area contributed by atoms with Gasteiger partial charge in [0, 0.05) is 17.6 Å². The van der Waals surface area contributed by atoms with Crippen LogP contribution in [0.4, 0.5) is 21.7 Å². The van der Waals surface area contributed by atoms with E-state index in [-0.39, 0.29) is 11.5 Å². The highest BCUT2D eigenvalue weighted by Gasteiger charge is 2.10. The molecule has 3 rings (SSSR count). The third kappa shape index (κ3) is 4.17. The van der Waals surface area contributed by atoms with Crippen LogP contribution in [0.25, 0.3) is 0 Å². The Hall–Kier alpha value is -3.28. The zero-order valence-electron chi connectivity index (χ0n) is 13.9. The van der Waals surface area contributed by atoms with Gasteiger partial charge in [-0.3, -0.25) is 4.79 Å². The van der Waals surface area contributed by atoms with Crippen molar-refractivity contribution in [2.45, 2.75) is 13.8 Å². The number of anilines is 3. The lowest BCUT2D eigenvalue weighted by Gasteiger charge is -2.10. The van der Waals surface area contributed by atoms with Crippen molar-refractivity contribution in [3.05, 3.63) is 77.4 Å². The van der Waals surface area contributed by atoms with Gasteiger partial charge in [0.1, 0.15) is 11.5 Å². The zero-order chi connectivity index (χ0) is 17.8. The highest BCUT2D eigenvalue weighted by Crippen LogP contribution is 2.19. The van der Waals surface area contributed by atoms with Gasteiger partial charge in [-0.2, -0.15) is 0 Å². The number of benzene rings is 2. The first-order valence-electron chi connectivity index (χ1n) is 7.75. The number of hydrogen-bond donors (Lipinski definition) is 2. The normalized spacial score (nSPS) is 10.4. The number of nitrogens with one attached hydrogen (secondary N) is 2. The van der Waals surface area contributed by atoms with Crippen LogP contribution in [-0.2, 0) is 0 Å². The molecule has 6 heteroatoms. The second-order valence-corrected chi connectivity index (χ2v) is 5.67. The Kier molecular flexibility index (Phi) is 4.70. The lowest BCUT2D eigenvalue weighted by atomic mass is 10.1. The summed E-state index contributed by atoms with van der Waals surface area (Å²) >= 11 is 0. The molecular weight excluding hydrogens is 319 g/mol. The summed E-state index contributed by atoms with van der Waals surface area (Å²) in [4.78, 5) is 20.7. The fourth-order valence-corrected chi connectivity index (χ4v) is 2.35. The Morgan fingerprint density at radius 1 is 1.04 bits per heavy atom. The van der Waals surface area contributed by atoms with Gasteiger partial charge in [-0.25, -0.2) is 14.4 Å². The SMILES string of the molecule is Cc1ccc(Nc2nccc(C(=O)Nc3ccc(F)cc3)n2)c(C)c1. The fraction of sp³-hybridized carbons (Fsp3) is 0.105. The van der Waals surface area contributed by atoms with E-state index in [0.29, 0.717) is 11.6 Å². The maximum absolute atomic E-state index is 12.9. The van der Waals surface area contributed by atoms with E-state index in [1.54, 1.807) is 0 Å². The van der Waals surface area contributed by atoms with Crippen LogP contribution >= 0.6 is 0 Å². The van der Waals surface area contributed by atoms with Crippen LogP contribution in [0.5, 0.6) is 0 Å². The number of nitrogens with zero attached hydrogens (tertiary/aromatic N) is 2. The third-order valence-electron chi connectivity index (χ3n) is 3.62. The van der Waals surface area contributed by atoms with Crippen LogP contribution < -0.4 is 10.6 Å². The highest BCUT2D eigenvalue weighted by atomic mass is 19.1. The maximum atomic E-state index is 12.9. The van der Waals surface area contributed by atoms with Crippen LogP contribution in [0.1, 0.15) is 21.6 Å². The molecule has 0 radical (unpaired) electrons. The molecule has 0 fully saturated rings. The molecule has 0 atom stereocenters. The van der Waals surface area contributed by atoms with Crippen molar-refractivity contribution in [1.82, 2.24) is 9.97 Å². The van der Waals surface area contributed by atoms with Gasteiger partial charge >= 0.3 is 0 Å². The van der Waals surface area contributed by atoms with E-state index in [2.05, 4.69) is 20.6 Å². The van der Waals surface area contributed by atoms with Gasteiger partial charge < -0.3 is 10.6 Å². The van der Waals surface area contributed by atoms with E-state index < -0.39 is 5.91 Å². The summed E-state index contributed by atoms with van der Waals surface area (Å²) in [6, 6.07) is 13.0. The average molecular weight is 336 g/mol. The molecule has 1 heterocycles. The Bertz CT molecular complexity index is 910. The van der Waals surface area contributed by atoms with Crippen LogP contribution in [0.3, 0.4) is 0 Å². The van der Waals surface area contributed by atoms with Crippen molar-refractivity contribution in [3.8, 4) is 0 Å². The largest absolute Gasteiger partial charge is 0.324 e. The topological polar surface area (TPSA) is 66.9 Å². The predicted molar refractivity (Wildman–Crippen MR) is 95.6 cm³/mol. The molecule has 2 N–H and O–H groups in total. The Morgan fingerprint density at radius 3 is 2.52 bits per heavy atom. The molecule has 0 saturated heterocycles. The first kappa shape index (κ1) is 16.6. The molecule has 25 heavy (non-hydrogen) atoms. The van der Waals surface area contributed by atoms with E-state index in [9.17, 15) is 9.18 Å². The molecule has 1 aromatic heterocycles. The van der Waals surface area contributed by atoms with Crippen molar-refractivity contribution in [1.29, 1.82) is 0 Å². The predicted octanol–water partition coefficient (Wildman–Crippen LogP) is 4.23. The minimum Gasteiger partial charge on any atom is -0.324 e. The van der Waals surface area contributed by atoms with Gasteiger partial charge in [0.2, 0.25) is 5.95 Å². The molecule has 5 nitrogen and oxygen atoms in total. The first-order chi connectivity index (χ1) is 12.0. The van der Waals surface area contributed by atoms with Gasteiger partial charge in [-0.1, -0.05) is 17.7 Å². The highest BCUT2D eigenvalue weighted by molar-refractivity contribution is 6.02. The second-order valence-electron chi connectivity index (χ2n) is 5.67. The average Bonchev–Trinajstić information content (AvgIpc) is 2.60. The second kappa shape index (κ2) is 7.09. The van der Waals surface area contributed by atoms with Crippen molar-refractivity contribution < 1.29 is 9.18 Å². The molecule has 2 aromatic carbocycles. The molecule has 0 spiro atoms. The van der Waals surface area contributed by atoms with Gasteiger partial charge in [0.25, 0.3) is 5.91 Å². The van der Waals surface area contributed by atoms with E-state index in [1.807, 2.05) is 32.0 Å². The fourth-order valence-electron chi connectivity index (χ4n) is 2.35. The van der Waals surface area contributed by atoms with E-state index >= 15 is 0 Å². The minimum atomic E-state index is -0.391. The zero-order valence-corrected chi connectivity index (χ0v) is 13.9. The lowest BCUT2D eigenvalue weighted by Crippen LogP contribution is -2.14. The summed E-state index contributed by atoms with van der Waals surface area (Å²) in [6.07, 6.45) is 1.51. The Labute approximate surface area is 145 Å². The number of hydrogen-bond acceptors (Lipinski definition) is 4. The molecule has 0 aliphatic rings. The van der Waals surface area contributed by atoms with Crippen LogP contribution in [0.2, 0.25) is 0 Å². The van der Waals surface area contributed by atoms with Gasteiger partial charge in [0.05, 0.1) is 0 Å². The maximum Gasteiger partial charge on any atom is 0.274 e. The molecule has 0 saturated carbocycles. The number of halogens is 1. The standard InChI is InChI=1S/C19H17FN4O/c1-12-3-8-16(13(2)11-12)23-19-21-10-9-17(24-19)18(25)22-15-6-4-14(20)5-7-15/h3-11H,1-2H3,(H,22,25)(H,21,23,24). The smallest absolute Gasteiger partial charge is 0.274 e. The van der Waals surface area contributed by atoms with E-state index in [0.717, 1.165) is 16.8 Å². The third-order valence-corrected chi connectivity index (χ3v) is 3.62. The van der Waals surface area contributed by atoms with Gasteiger partial charge in [0.15, 0.2) is 0 Å². The summed E-state index contributed by atoms with van der Waals surface area (Å²) < 4.78 is 12.9. The van der Waals surface area contributed by atoms with Crippen LogP contribution in [0, 0.1) is 19.7 Å². The van der Waals surface area contributed by atoms with E-state index in [1.165, 1.54) is 36.5 Å². The number of amides is 1. The summed E-state index contributed by atoms with van der Waals surface area (Å²) in [5.41, 5.74) is 3.81. The molecule has 0 aliphatic heterocycles. The molecule has 126 valence electrons. The Balaban J connectivity index is 1.76. The van der Waals surface area contributed by atoms with Gasteiger partial charge in [-0.05, 0) is 55.8 Å². The summed E-state index contributed by atoms with van der Waals surface area (Å²) in [7, 11) is 0. The van der Waals surface area contributed by atoms with Crippen molar-refractivity contribution in [2.75, 3.05) is 10.6 Å². The quantitative estimate of drug-likeness (QED) is 0.748. The first-order valence-corrected chi connectivity index (χ1v) is 7.75. The number of aryl methyl sites for hydroxylation is 2. The molecule has 0 bridgehead atoms. The summed E-state index contributed by atoms with van der Waals surface area (Å²) in [6.45, 7) is 4.01. The van der Waals surface area contributed by atoms with Crippen molar-refractivity contribution in [2.24, 2.45) is 0 Å². The molecule has 3 aromatic rings. The van der Waals surface area contributed by atoms with Crippen LogP contribution in [-0.4, -0.2) is 15.9 Å². The summed E-state index contributed by atoms with van der Waals surface area (Å²) in [5, 5.41) is 5.79. The van der Waals surface area contributed by atoms with Gasteiger partial charge in [-0.15, -0.1) is 0 Å². The van der Waals surface area contributed by atoms with E-state index in [4.69, 9.17) is 0 Å². The lowest BCUT2D eigenvalue weighted by molar-refractivity contribution is 0.102. The molecular formula is C19H17FN4O. The summed E-state index contributed by atoms with van der Waals surface area (Å²) in [5.74, 6) is -0.420.